The molecule has 0 N–H and O–H groups in total. The van der Waals surface area contributed by atoms with Crippen LogP contribution in [0.2, 0.25) is 0 Å². The molecule has 0 atom stereocenters. The number of esters is 1. The molecule has 8 heteroatoms. The molecule has 0 aliphatic heterocycles. The molecular weight excluding hydrogens is 423 g/mol. The van der Waals surface area contributed by atoms with Crippen LogP contribution in [0.1, 0.15) is 28.9 Å². The molecule has 0 unspecified atom stereocenters. The summed E-state index contributed by atoms with van der Waals surface area (Å²) in [4.78, 5) is 30.7. The van der Waals surface area contributed by atoms with E-state index in [0.29, 0.717) is 12.0 Å². The molecule has 4 rings (SSSR count). The number of likely N-dealkylation sites (N-methyl/N-ethyl adjacent to an activating group) is 1. The third kappa shape index (κ3) is 4.84. The summed E-state index contributed by atoms with van der Waals surface area (Å²) in [6, 6.07) is 13.9. The maximum atomic E-state index is 13.3. The second-order valence-corrected chi connectivity index (χ2v) is 8.05. The fraction of sp³-hybridized carbons (Fsp3) is 0.280. The molecule has 0 fully saturated rings. The first kappa shape index (κ1) is 22.4. The highest BCUT2D eigenvalue weighted by Crippen LogP contribution is 2.23. The third-order valence-electron chi connectivity index (χ3n) is 5.69. The van der Waals surface area contributed by atoms with E-state index in [1.54, 1.807) is 19.2 Å². The molecule has 0 radical (unpaired) electrons. The molecule has 0 saturated carbocycles. The second-order valence-electron chi connectivity index (χ2n) is 8.05. The molecule has 0 saturated heterocycles. The Morgan fingerprint density at radius 2 is 1.91 bits per heavy atom. The molecular formula is C25H25FN4O3. The number of amides is 1. The Bertz CT molecular complexity index is 1350. The number of ether oxygens (including phenoxy) is 1. The number of hydrogen-bond acceptors (Lipinski definition) is 5. The van der Waals surface area contributed by atoms with Gasteiger partial charge in [0.15, 0.2) is 12.3 Å². The number of carbonyl (C=O) groups excluding carboxylic acids is 2. The van der Waals surface area contributed by atoms with Gasteiger partial charge in [0.25, 0.3) is 5.91 Å². The lowest BCUT2D eigenvalue weighted by Gasteiger charge is -2.17. The van der Waals surface area contributed by atoms with Crippen LogP contribution in [0.25, 0.3) is 16.6 Å². The van der Waals surface area contributed by atoms with Crippen LogP contribution < -0.4 is 0 Å². The smallest absolute Gasteiger partial charge is 0.306 e. The average Bonchev–Trinajstić information content (AvgIpc) is 3.16. The Labute approximate surface area is 190 Å². The van der Waals surface area contributed by atoms with E-state index in [-0.39, 0.29) is 31.3 Å². The van der Waals surface area contributed by atoms with Crippen LogP contribution >= 0.6 is 0 Å². The number of carbonyl (C=O) groups is 2. The summed E-state index contributed by atoms with van der Waals surface area (Å²) in [6.07, 6.45) is 0.555. The van der Waals surface area contributed by atoms with Gasteiger partial charge in [-0.15, -0.1) is 0 Å². The van der Waals surface area contributed by atoms with Crippen molar-refractivity contribution < 1.29 is 18.7 Å². The van der Waals surface area contributed by atoms with Crippen molar-refractivity contribution in [1.82, 2.24) is 19.5 Å². The summed E-state index contributed by atoms with van der Waals surface area (Å²) in [5.41, 5.74) is 5.01. The molecule has 0 aliphatic carbocycles. The summed E-state index contributed by atoms with van der Waals surface area (Å²) in [5.74, 6) is -1.18. The van der Waals surface area contributed by atoms with Crippen LogP contribution in [0.15, 0.2) is 48.5 Å². The topological polar surface area (TPSA) is 76.8 Å². The Morgan fingerprint density at radius 1 is 1.12 bits per heavy atom. The minimum Gasteiger partial charge on any atom is -0.456 e. The standard InChI is InChI=1S/C25H25FN4O3/c1-16-20(17(2)30-25(27-16)21-9-4-5-10-22(21)28-30)11-12-24(32)33-15-23(31)29(3)14-18-7-6-8-19(26)13-18/h4-10,13H,11-12,14-15H2,1-3H3. The molecule has 2 aromatic carbocycles. The number of benzene rings is 2. The highest BCUT2D eigenvalue weighted by Gasteiger charge is 2.17. The summed E-state index contributed by atoms with van der Waals surface area (Å²) >= 11 is 0. The number of aromatic nitrogens is 3. The highest BCUT2D eigenvalue weighted by atomic mass is 19.1. The van der Waals surface area contributed by atoms with Gasteiger partial charge in [-0.2, -0.15) is 5.10 Å². The van der Waals surface area contributed by atoms with Crippen molar-refractivity contribution in [3.8, 4) is 0 Å². The molecule has 0 aliphatic rings. The number of rotatable bonds is 7. The van der Waals surface area contributed by atoms with Gasteiger partial charge >= 0.3 is 5.97 Å². The van der Waals surface area contributed by atoms with Gasteiger partial charge in [0.1, 0.15) is 5.82 Å². The zero-order chi connectivity index (χ0) is 23.5. The van der Waals surface area contributed by atoms with E-state index in [2.05, 4.69) is 5.10 Å². The fourth-order valence-corrected chi connectivity index (χ4v) is 3.89. The average molecular weight is 448 g/mol. The number of nitrogens with zero attached hydrogens (tertiary/aromatic N) is 4. The van der Waals surface area contributed by atoms with Crippen molar-refractivity contribution in [2.24, 2.45) is 0 Å². The van der Waals surface area contributed by atoms with E-state index in [0.717, 1.165) is 33.5 Å². The molecule has 170 valence electrons. The number of hydrogen-bond donors (Lipinski definition) is 0. The molecule has 0 spiro atoms. The van der Waals surface area contributed by atoms with Gasteiger partial charge in [-0.05, 0) is 55.7 Å². The van der Waals surface area contributed by atoms with E-state index in [1.807, 2.05) is 42.6 Å². The molecule has 2 aromatic heterocycles. The first-order chi connectivity index (χ1) is 15.8. The van der Waals surface area contributed by atoms with Crippen molar-refractivity contribution in [3.63, 3.8) is 0 Å². The Kier molecular flexibility index (Phi) is 6.35. The van der Waals surface area contributed by atoms with Gasteiger partial charge in [0.2, 0.25) is 0 Å². The lowest BCUT2D eigenvalue weighted by Crippen LogP contribution is -2.30. The number of fused-ring (bicyclic) bond motifs is 3. The lowest BCUT2D eigenvalue weighted by molar-refractivity contribution is -0.151. The lowest BCUT2D eigenvalue weighted by atomic mass is 10.1. The quantitative estimate of drug-likeness (QED) is 0.402. The minimum atomic E-state index is -0.466. The highest BCUT2D eigenvalue weighted by molar-refractivity contribution is 5.92. The molecule has 1 amide bonds. The zero-order valence-corrected chi connectivity index (χ0v) is 18.8. The monoisotopic (exact) mass is 448 g/mol. The van der Waals surface area contributed by atoms with Gasteiger partial charge in [0.05, 0.1) is 5.52 Å². The van der Waals surface area contributed by atoms with Gasteiger partial charge < -0.3 is 9.64 Å². The van der Waals surface area contributed by atoms with Gasteiger partial charge in [-0.3, -0.25) is 9.59 Å². The van der Waals surface area contributed by atoms with Gasteiger partial charge in [-0.1, -0.05) is 24.3 Å². The van der Waals surface area contributed by atoms with E-state index < -0.39 is 5.97 Å². The third-order valence-corrected chi connectivity index (χ3v) is 5.69. The van der Waals surface area contributed by atoms with Crippen LogP contribution in [0.4, 0.5) is 4.39 Å². The Hall–Kier alpha value is -3.81. The summed E-state index contributed by atoms with van der Waals surface area (Å²) in [7, 11) is 1.59. The number of aryl methyl sites for hydroxylation is 2. The molecule has 0 bridgehead atoms. The van der Waals surface area contributed by atoms with Crippen LogP contribution in [-0.4, -0.2) is 45.0 Å². The van der Waals surface area contributed by atoms with Crippen molar-refractivity contribution in [1.29, 1.82) is 0 Å². The van der Waals surface area contributed by atoms with Crippen molar-refractivity contribution in [3.05, 3.63) is 76.9 Å². The van der Waals surface area contributed by atoms with Crippen molar-refractivity contribution in [2.45, 2.75) is 33.2 Å². The van der Waals surface area contributed by atoms with Crippen molar-refractivity contribution in [2.75, 3.05) is 13.7 Å². The van der Waals surface area contributed by atoms with E-state index in [4.69, 9.17) is 9.72 Å². The molecule has 4 aromatic rings. The minimum absolute atomic E-state index is 0.122. The van der Waals surface area contributed by atoms with E-state index >= 15 is 0 Å². The largest absolute Gasteiger partial charge is 0.456 e. The first-order valence-corrected chi connectivity index (χ1v) is 10.7. The van der Waals surface area contributed by atoms with Crippen LogP contribution in [0, 0.1) is 19.7 Å². The number of halogens is 1. The zero-order valence-electron chi connectivity index (χ0n) is 18.8. The second kappa shape index (κ2) is 9.36. The maximum Gasteiger partial charge on any atom is 0.306 e. The molecule has 7 nitrogen and oxygen atoms in total. The molecule has 2 heterocycles. The SMILES string of the molecule is Cc1nc2c3ccccc3nn2c(C)c1CCC(=O)OCC(=O)N(C)Cc1cccc(F)c1. The van der Waals surface area contributed by atoms with E-state index in [1.165, 1.54) is 17.0 Å². The predicted molar refractivity (Wildman–Crippen MR) is 122 cm³/mol. The van der Waals surface area contributed by atoms with E-state index in [9.17, 15) is 14.0 Å². The van der Waals surface area contributed by atoms with Crippen LogP contribution in [0.5, 0.6) is 0 Å². The predicted octanol–water partition coefficient (Wildman–Crippen LogP) is 3.77. The normalized spacial score (nSPS) is 11.2. The fourth-order valence-electron chi connectivity index (χ4n) is 3.89. The van der Waals surface area contributed by atoms with Crippen LogP contribution in [-0.2, 0) is 27.3 Å². The van der Waals surface area contributed by atoms with Crippen LogP contribution in [0.3, 0.4) is 0 Å². The summed E-state index contributed by atoms with van der Waals surface area (Å²) in [6.45, 7) is 3.75. The van der Waals surface area contributed by atoms with Gasteiger partial charge in [0, 0.05) is 36.8 Å². The van der Waals surface area contributed by atoms with Gasteiger partial charge in [-0.25, -0.2) is 13.9 Å². The Balaban J connectivity index is 1.35. The Morgan fingerprint density at radius 3 is 2.70 bits per heavy atom. The summed E-state index contributed by atoms with van der Waals surface area (Å²) < 4.78 is 20.3. The molecule has 33 heavy (non-hydrogen) atoms. The maximum absolute atomic E-state index is 13.3. The summed E-state index contributed by atoms with van der Waals surface area (Å²) in [5, 5.41) is 5.61. The van der Waals surface area contributed by atoms with Crippen molar-refractivity contribution >= 4 is 28.4 Å². The first-order valence-electron chi connectivity index (χ1n) is 10.7.